The van der Waals surface area contributed by atoms with Gasteiger partial charge in [0.05, 0.1) is 19.4 Å². The van der Waals surface area contributed by atoms with Gasteiger partial charge in [-0.2, -0.15) is 0 Å². The molecule has 2 aromatic rings. The molecule has 0 amide bonds. The van der Waals surface area contributed by atoms with E-state index in [-0.39, 0.29) is 6.10 Å². The molecule has 4 heteroatoms. The molecule has 0 N–H and O–H groups in total. The summed E-state index contributed by atoms with van der Waals surface area (Å²) in [6, 6.07) is 12.2. The van der Waals surface area contributed by atoms with Gasteiger partial charge in [-0.25, -0.2) is 0 Å². The molecule has 3 rings (SSSR count). The average Bonchev–Trinajstić information content (AvgIpc) is 2.73. The lowest BCUT2D eigenvalue weighted by atomic mass is 9.82. The number of aryl methyl sites for hydroxylation is 1. The van der Waals surface area contributed by atoms with Crippen molar-refractivity contribution in [3.63, 3.8) is 0 Å². The molecular weight excluding hydrogens is 374 g/mol. The van der Waals surface area contributed by atoms with Crippen molar-refractivity contribution in [3.05, 3.63) is 65.2 Å². The molecule has 160 valence electrons. The van der Waals surface area contributed by atoms with Crippen molar-refractivity contribution in [1.29, 1.82) is 0 Å². The number of fused-ring (bicyclic) bond motifs is 1. The van der Waals surface area contributed by atoms with Gasteiger partial charge in [0, 0.05) is 23.9 Å². The summed E-state index contributed by atoms with van der Waals surface area (Å²) in [4.78, 5) is 5.03. The molecule has 0 spiro atoms. The fourth-order valence-corrected chi connectivity index (χ4v) is 3.95. The zero-order valence-corrected chi connectivity index (χ0v) is 18.8. The van der Waals surface area contributed by atoms with E-state index in [9.17, 15) is 0 Å². The number of ether oxygens (including phenoxy) is 3. The molecular formula is C26H33NO3. The first-order valence-corrected chi connectivity index (χ1v) is 10.6. The molecule has 0 bridgehead atoms. The van der Waals surface area contributed by atoms with E-state index in [4.69, 9.17) is 19.2 Å². The maximum atomic E-state index is 6.41. The lowest BCUT2D eigenvalue weighted by Crippen LogP contribution is -2.25. The highest BCUT2D eigenvalue weighted by atomic mass is 16.5. The molecule has 30 heavy (non-hydrogen) atoms. The van der Waals surface area contributed by atoms with Gasteiger partial charge in [0.15, 0.2) is 0 Å². The van der Waals surface area contributed by atoms with E-state index in [1.165, 1.54) is 16.7 Å². The molecule has 0 fully saturated rings. The normalized spacial score (nSPS) is 15.7. The van der Waals surface area contributed by atoms with Crippen LogP contribution in [0.3, 0.4) is 0 Å². The van der Waals surface area contributed by atoms with Gasteiger partial charge < -0.3 is 14.2 Å². The Morgan fingerprint density at radius 1 is 1.07 bits per heavy atom. The molecule has 0 aromatic heterocycles. The molecule has 0 heterocycles. The quantitative estimate of drug-likeness (QED) is 0.486. The minimum absolute atomic E-state index is 0.170. The van der Waals surface area contributed by atoms with Crippen LogP contribution >= 0.6 is 0 Å². The summed E-state index contributed by atoms with van der Waals surface area (Å²) in [5.74, 6) is 2.05. The van der Waals surface area contributed by atoms with Gasteiger partial charge in [-0.3, -0.25) is 4.99 Å². The fraction of sp³-hybridized carbons (Fsp3) is 0.423. The first kappa shape index (κ1) is 22.1. The molecule has 4 nitrogen and oxygen atoms in total. The van der Waals surface area contributed by atoms with Gasteiger partial charge in [0.25, 0.3) is 0 Å². The van der Waals surface area contributed by atoms with Gasteiger partial charge in [-0.1, -0.05) is 26.5 Å². The molecule has 0 radical (unpaired) electrons. The zero-order chi connectivity index (χ0) is 21.7. The van der Waals surface area contributed by atoms with Crippen molar-refractivity contribution >= 4 is 11.4 Å². The second-order valence-electron chi connectivity index (χ2n) is 8.18. The first-order chi connectivity index (χ1) is 14.4. The van der Waals surface area contributed by atoms with Gasteiger partial charge in [0.2, 0.25) is 0 Å². The Morgan fingerprint density at radius 2 is 1.80 bits per heavy atom. The molecule has 0 saturated heterocycles. The molecule has 1 aliphatic carbocycles. The van der Waals surface area contributed by atoms with Crippen molar-refractivity contribution in [1.82, 2.24) is 0 Å². The van der Waals surface area contributed by atoms with Crippen molar-refractivity contribution in [2.45, 2.75) is 52.1 Å². The van der Waals surface area contributed by atoms with Crippen LogP contribution in [0.5, 0.6) is 11.5 Å². The van der Waals surface area contributed by atoms with Crippen LogP contribution in [0.25, 0.3) is 0 Å². The average molecular weight is 408 g/mol. The summed E-state index contributed by atoms with van der Waals surface area (Å²) in [5, 5.41) is 0. The Bertz CT molecular complexity index is 913. The van der Waals surface area contributed by atoms with Gasteiger partial charge in [-0.15, -0.1) is 0 Å². The van der Waals surface area contributed by atoms with E-state index in [0.717, 1.165) is 47.7 Å². The van der Waals surface area contributed by atoms with Crippen molar-refractivity contribution in [2.75, 3.05) is 20.8 Å². The van der Waals surface area contributed by atoms with Crippen LogP contribution in [0.2, 0.25) is 0 Å². The highest BCUT2D eigenvalue weighted by molar-refractivity contribution is 6.06. The van der Waals surface area contributed by atoms with E-state index >= 15 is 0 Å². The number of nitrogens with zero attached hydrogens (tertiary/aromatic N) is 1. The summed E-state index contributed by atoms with van der Waals surface area (Å²) in [7, 11) is 3.37. The molecule has 0 unspecified atom stereocenters. The van der Waals surface area contributed by atoms with E-state index in [1.54, 1.807) is 14.2 Å². The third kappa shape index (κ3) is 4.93. The zero-order valence-electron chi connectivity index (χ0n) is 18.8. The summed E-state index contributed by atoms with van der Waals surface area (Å²) >= 11 is 0. The Hall–Kier alpha value is -2.59. The number of rotatable bonds is 8. The molecule has 1 aliphatic rings. The maximum absolute atomic E-state index is 6.41. The summed E-state index contributed by atoms with van der Waals surface area (Å²) in [6.07, 6.45) is 2.97. The number of hydrogen-bond acceptors (Lipinski definition) is 4. The molecule has 1 atom stereocenters. The minimum atomic E-state index is -0.170. The van der Waals surface area contributed by atoms with Gasteiger partial charge >= 0.3 is 0 Å². The van der Waals surface area contributed by atoms with Crippen LogP contribution in [-0.4, -0.2) is 32.6 Å². The highest BCUT2D eigenvalue weighted by Crippen LogP contribution is 2.38. The Labute approximate surface area is 180 Å². The SMILES string of the molecule is C=C(C)[C@H](COC)Oc1ccc2c(c1C(C)C)C(=Nc1ccc(OC)cc1)CCC2. The van der Waals surface area contributed by atoms with Crippen molar-refractivity contribution < 1.29 is 14.2 Å². The Morgan fingerprint density at radius 3 is 2.40 bits per heavy atom. The lowest BCUT2D eigenvalue weighted by molar-refractivity contribution is 0.101. The largest absolute Gasteiger partial charge is 0.497 e. The highest BCUT2D eigenvalue weighted by Gasteiger charge is 2.25. The summed E-state index contributed by atoms with van der Waals surface area (Å²) < 4.78 is 17.0. The van der Waals surface area contributed by atoms with Crippen LogP contribution in [0.15, 0.2) is 53.5 Å². The smallest absolute Gasteiger partial charge is 0.142 e. The first-order valence-electron chi connectivity index (χ1n) is 10.6. The van der Waals surface area contributed by atoms with Crippen LogP contribution in [0.1, 0.15) is 56.2 Å². The molecule has 2 aromatic carbocycles. The number of benzene rings is 2. The maximum Gasteiger partial charge on any atom is 0.142 e. The van der Waals surface area contributed by atoms with E-state index in [1.807, 2.05) is 31.2 Å². The predicted molar refractivity (Wildman–Crippen MR) is 124 cm³/mol. The van der Waals surface area contributed by atoms with Crippen molar-refractivity contribution in [3.8, 4) is 11.5 Å². The lowest BCUT2D eigenvalue weighted by Gasteiger charge is -2.28. The van der Waals surface area contributed by atoms with E-state index < -0.39 is 0 Å². The number of methoxy groups -OCH3 is 2. The van der Waals surface area contributed by atoms with Gasteiger partial charge in [-0.05, 0) is 73.6 Å². The van der Waals surface area contributed by atoms with E-state index in [2.05, 4.69) is 32.6 Å². The third-order valence-corrected chi connectivity index (χ3v) is 5.49. The molecule has 0 aliphatic heterocycles. The Balaban J connectivity index is 2.07. The second-order valence-corrected chi connectivity index (χ2v) is 8.18. The van der Waals surface area contributed by atoms with Crippen LogP contribution in [0.4, 0.5) is 5.69 Å². The van der Waals surface area contributed by atoms with E-state index in [0.29, 0.717) is 12.5 Å². The Kier molecular flexibility index (Phi) is 7.33. The van der Waals surface area contributed by atoms with Crippen molar-refractivity contribution in [2.24, 2.45) is 4.99 Å². The minimum Gasteiger partial charge on any atom is -0.497 e. The standard InChI is InChI=1S/C26H33NO3/c1-17(2)24(16-28-5)30-23-15-10-19-8-7-9-22(26(19)25(23)18(3)4)27-20-11-13-21(29-6)14-12-20/h10-15,18,24H,1,7-9,16H2,2-6H3/t24-/m0/s1. The predicted octanol–water partition coefficient (Wildman–Crippen LogP) is 6.25. The van der Waals surface area contributed by atoms with Crippen LogP contribution < -0.4 is 9.47 Å². The number of hydrogen-bond donors (Lipinski definition) is 0. The monoisotopic (exact) mass is 407 g/mol. The van der Waals surface area contributed by atoms with Crippen LogP contribution in [0, 0.1) is 0 Å². The second kappa shape index (κ2) is 9.94. The summed E-state index contributed by atoms with van der Waals surface area (Å²) in [5.41, 5.74) is 6.86. The van der Waals surface area contributed by atoms with Gasteiger partial charge in [0.1, 0.15) is 17.6 Å². The fourth-order valence-electron chi connectivity index (χ4n) is 3.95. The third-order valence-electron chi connectivity index (χ3n) is 5.49. The molecule has 0 saturated carbocycles. The topological polar surface area (TPSA) is 40.0 Å². The summed E-state index contributed by atoms with van der Waals surface area (Å²) in [6.45, 7) is 11.0. The number of aliphatic imine (C=N–C) groups is 1. The van der Waals surface area contributed by atoms with Crippen LogP contribution in [-0.2, 0) is 11.2 Å².